The number of carbonyl (C=O) groups is 1. The highest BCUT2D eigenvalue weighted by Crippen LogP contribution is 2.47. The highest BCUT2D eigenvalue weighted by molar-refractivity contribution is 7.54. The Morgan fingerprint density at radius 1 is 1.17 bits per heavy atom. The molecule has 0 saturated carbocycles. The van der Waals surface area contributed by atoms with Crippen molar-refractivity contribution in [2.75, 3.05) is 19.4 Å². The van der Waals surface area contributed by atoms with Crippen LogP contribution in [0, 0.1) is 0 Å². The maximum atomic E-state index is 12.2. The normalized spacial score (nSPS) is 13.3. The molecule has 1 rings (SSSR count). The van der Waals surface area contributed by atoms with E-state index < -0.39 is 7.60 Å². The molecule has 0 N–H and O–H groups in total. The first-order valence-corrected chi connectivity index (χ1v) is 9.46. The van der Waals surface area contributed by atoms with Gasteiger partial charge in [-0.3, -0.25) is 9.36 Å². The van der Waals surface area contributed by atoms with Gasteiger partial charge in [0.2, 0.25) is 0 Å². The average Bonchev–Trinajstić information content (AvgIpc) is 2.52. The molecule has 1 atom stereocenters. The molecule has 1 unspecified atom stereocenters. The zero-order valence-corrected chi connectivity index (χ0v) is 14.8. The second kappa shape index (κ2) is 10.5. The van der Waals surface area contributed by atoms with Gasteiger partial charge in [-0.1, -0.05) is 36.4 Å². The van der Waals surface area contributed by atoms with E-state index in [-0.39, 0.29) is 31.3 Å². The Hall–Kier alpha value is -1.26. The predicted molar refractivity (Wildman–Crippen MR) is 90.6 cm³/mol. The van der Waals surface area contributed by atoms with E-state index in [1.54, 1.807) is 19.9 Å². The van der Waals surface area contributed by atoms with Crippen LogP contribution >= 0.6 is 7.60 Å². The second-order valence-corrected chi connectivity index (χ2v) is 6.99. The molecule has 23 heavy (non-hydrogen) atoms. The minimum atomic E-state index is -3.34. The molecule has 0 saturated heterocycles. The van der Waals surface area contributed by atoms with Gasteiger partial charge in [-0.15, -0.1) is 0 Å². The fourth-order valence-electron chi connectivity index (χ4n) is 1.87. The lowest BCUT2D eigenvalue weighted by Crippen LogP contribution is -2.09. The maximum absolute atomic E-state index is 12.2. The molecule has 1 aromatic carbocycles. The summed E-state index contributed by atoms with van der Waals surface area (Å²) >= 11 is 0. The van der Waals surface area contributed by atoms with Gasteiger partial charge in [0.05, 0.1) is 25.9 Å². The summed E-state index contributed by atoms with van der Waals surface area (Å²) in [5, 5.41) is 0. The van der Waals surface area contributed by atoms with Crippen LogP contribution in [0.2, 0.25) is 0 Å². The number of ether oxygens (including phenoxy) is 1. The third kappa shape index (κ3) is 8.24. The van der Waals surface area contributed by atoms with Crippen LogP contribution < -0.4 is 0 Å². The number of hydrogen-bond acceptors (Lipinski definition) is 5. The molecule has 0 aromatic heterocycles. The van der Waals surface area contributed by atoms with E-state index in [4.69, 9.17) is 13.8 Å². The number of ketones is 1. The number of benzene rings is 1. The fraction of sp³-hybridized carbons (Fsp3) is 0.471. The van der Waals surface area contributed by atoms with E-state index in [0.717, 1.165) is 5.56 Å². The standard InChI is InChI=1S/C17H25O5P/c1-4-21-23(19,22-5-2)14-17(18)12-11-15(3)20-13-16-9-7-6-8-10-16/h6-12,15H,4-5,13-14H2,1-3H3/b12-11+. The van der Waals surface area contributed by atoms with Crippen LogP contribution in [0.25, 0.3) is 0 Å². The highest BCUT2D eigenvalue weighted by Gasteiger charge is 2.26. The summed E-state index contributed by atoms with van der Waals surface area (Å²) in [4.78, 5) is 11.9. The van der Waals surface area contributed by atoms with Gasteiger partial charge in [0.25, 0.3) is 0 Å². The lowest BCUT2D eigenvalue weighted by Gasteiger charge is -2.15. The van der Waals surface area contributed by atoms with Crippen LogP contribution in [0.5, 0.6) is 0 Å². The van der Waals surface area contributed by atoms with Gasteiger partial charge in [-0.25, -0.2) is 0 Å². The Kier molecular flexibility index (Phi) is 9.03. The third-order valence-corrected chi connectivity index (χ3v) is 4.91. The van der Waals surface area contributed by atoms with Crippen molar-refractivity contribution >= 4 is 13.4 Å². The van der Waals surface area contributed by atoms with E-state index in [9.17, 15) is 9.36 Å². The molecule has 0 amide bonds. The molecular weight excluding hydrogens is 315 g/mol. The molecule has 0 aliphatic rings. The molecule has 0 fully saturated rings. The maximum Gasteiger partial charge on any atom is 0.338 e. The van der Waals surface area contributed by atoms with Crippen LogP contribution in [0.4, 0.5) is 0 Å². The SMILES string of the molecule is CCOP(=O)(CC(=O)/C=C/C(C)OCc1ccccc1)OCC. The van der Waals surface area contributed by atoms with Gasteiger partial charge >= 0.3 is 7.60 Å². The Labute approximate surface area is 138 Å². The first kappa shape index (κ1) is 19.8. The summed E-state index contributed by atoms with van der Waals surface area (Å²) < 4.78 is 28.1. The van der Waals surface area contributed by atoms with Gasteiger partial charge in [-0.2, -0.15) is 0 Å². The van der Waals surface area contributed by atoms with E-state index >= 15 is 0 Å². The predicted octanol–water partition coefficient (Wildman–Crippen LogP) is 3.98. The molecular formula is C17H25O5P. The monoisotopic (exact) mass is 340 g/mol. The molecule has 128 valence electrons. The van der Waals surface area contributed by atoms with Crippen molar-refractivity contribution in [2.24, 2.45) is 0 Å². The van der Waals surface area contributed by atoms with E-state index in [1.807, 2.05) is 37.3 Å². The Bertz CT molecular complexity index is 531. The summed E-state index contributed by atoms with van der Waals surface area (Å²) in [6, 6.07) is 9.79. The van der Waals surface area contributed by atoms with Gasteiger partial charge < -0.3 is 13.8 Å². The highest BCUT2D eigenvalue weighted by atomic mass is 31.2. The lowest BCUT2D eigenvalue weighted by atomic mass is 10.2. The number of allylic oxidation sites excluding steroid dienone is 1. The van der Waals surface area contributed by atoms with Crippen molar-refractivity contribution in [3.05, 3.63) is 48.0 Å². The first-order valence-electron chi connectivity index (χ1n) is 7.73. The summed E-state index contributed by atoms with van der Waals surface area (Å²) in [6.07, 6.45) is 2.54. The Morgan fingerprint density at radius 3 is 2.35 bits per heavy atom. The van der Waals surface area contributed by atoms with Crippen molar-refractivity contribution in [3.63, 3.8) is 0 Å². The fourth-order valence-corrected chi connectivity index (χ4v) is 3.40. The van der Waals surface area contributed by atoms with Crippen molar-refractivity contribution in [2.45, 2.75) is 33.5 Å². The third-order valence-electron chi connectivity index (χ3n) is 2.91. The van der Waals surface area contributed by atoms with Crippen molar-refractivity contribution in [1.29, 1.82) is 0 Å². The van der Waals surface area contributed by atoms with Crippen molar-refractivity contribution in [1.82, 2.24) is 0 Å². The molecule has 0 spiro atoms. The number of carbonyl (C=O) groups excluding carboxylic acids is 1. The molecule has 5 nitrogen and oxygen atoms in total. The summed E-state index contributed by atoms with van der Waals surface area (Å²) in [5.41, 5.74) is 1.07. The lowest BCUT2D eigenvalue weighted by molar-refractivity contribution is -0.112. The average molecular weight is 340 g/mol. The minimum absolute atomic E-state index is 0.224. The zero-order chi connectivity index (χ0) is 17.1. The first-order chi connectivity index (χ1) is 11.0. The van der Waals surface area contributed by atoms with Gasteiger partial charge in [-0.05, 0) is 32.4 Å². The summed E-state index contributed by atoms with van der Waals surface area (Å²) in [7, 11) is -3.34. The molecule has 0 bridgehead atoms. The van der Waals surface area contributed by atoms with E-state index in [1.165, 1.54) is 6.08 Å². The Balaban J connectivity index is 2.45. The van der Waals surface area contributed by atoms with Crippen LogP contribution in [0.15, 0.2) is 42.5 Å². The molecule has 0 heterocycles. The number of hydrogen-bond donors (Lipinski definition) is 0. The summed E-state index contributed by atoms with van der Waals surface area (Å²) in [5.74, 6) is -0.301. The van der Waals surface area contributed by atoms with Crippen LogP contribution in [-0.2, 0) is 29.8 Å². The molecule has 0 aliphatic heterocycles. The number of rotatable bonds is 11. The van der Waals surface area contributed by atoms with Crippen molar-refractivity contribution < 1.29 is 23.1 Å². The molecule has 6 heteroatoms. The van der Waals surface area contributed by atoms with Crippen LogP contribution in [0.1, 0.15) is 26.3 Å². The van der Waals surface area contributed by atoms with Crippen LogP contribution in [-0.4, -0.2) is 31.3 Å². The quantitative estimate of drug-likeness (QED) is 0.450. The molecule has 1 aromatic rings. The largest absolute Gasteiger partial charge is 0.370 e. The van der Waals surface area contributed by atoms with Crippen LogP contribution in [0.3, 0.4) is 0 Å². The second-order valence-electron chi connectivity index (χ2n) is 4.93. The van der Waals surface area contributed by atoms with Gasteiger partial charge in [0.1, 0.15) is 6.16 Å². The molecule has 0 aliphatic carbocycles. The smallest absolute Gasteiger partial charge is 0.338 e. The topological polar surface area (TPSA) is 61.8 Å². The van der Waals surface area contributed by atoms with E-state index in [2.05, 4.69) is 0 Å². The van der Waals surface area contributed by atoms with Crippen molar-refractivity contribution in [3.8, 4) is 0 Å². The van der Waals surface area contributed by atoms with Gasteiger partial charge in [0, 0.05) is 0 Å². The molecule has 0 radical (unpaired) electrons. The van der Waals surface area contributed by atoms with E-state index in [0.29, 0.717) is 6.61 Å². The minimum Gasteiger partial charge on any atom is -0.370 e. The summed E-state index contributed by atoms with van der Waals surface area (Å²) in [6.45, 7) is 6.22. The van der Waals surface area contributed by atoms with Gasteiger partial charge in [0.15, 0.2) is 5.78 Å². The zero-order valence-electron chi connectivity index (χ0n) is 13.9. The Morgan fingerprint density at radius 2 is 1.78 bits per heavy atom.